The lowest BCUT2D eigenvalue weighted by Gasteiger charge is -2.11. The molecule has 0 amide bonds. The van der Waals surface area contributed by atoms with E-state index in [1.807, 2.05) is 0 Å². The van der Waals surface area contributed by atoms with Crippen LogP contribution in [0.1, 0.15) is 36.5 Å². The van der Waals surface area contributed by atoms with Crippen molar-refractivity contribution in [2.24, 2.45) is 0 Å². The van der Waals surface area contributed by atoms with Gasteiger partial charge in [-0.2, -0.15) is 0 Å². The molecule has 0 saturated carbocycles. The van der Waals surface area contributed by atoms with Gasteiger partial charge in [-0.05, 0) is 42.5 Å². The number of likely N-dealkylation sites (N-methyl/N-ethyl adjacent to an activating group) is 1. The smallest absolute Gasteiger partial charge is 0.00190 e. The van der Waals surface area contributed by atoms with Crippen LogP contribution in [0.15, 0.2) is 18.2 Å². The van der Waals surface area contributed by atoms with E-state index in [1.165, 1.54) is 31.5 Å². The number of benzene rings is 1. The molecule has 1 aromatic carbocycles. The zero-order chi connectivity index (χ0) is 10.8. The molecule has 1 nitrogen and oxygen atoms in total. The molecule has 1 aliphatic heterocycles. The first-order chi connectivity index (χ1) is 7.16. The van der Waals surface area contributed by atoms with Crippen molar-refractivity contribution in [2.75, 3.05) is 20.1 Å². The van der Waals surface area contributed by atoms with Crippen molar-refractivity contribution in [1.29, 1.82) is 0 Å². The minimum atomic E-state index is 0.649. The molecule has 0 aliphatic carbocycles. The van der Waals surface area contributed by atoms with Gasteiger partial charge >= 0.3 is 0 Å². The molecular weight excluding hydrogens is 182 g/mol. The highest BCUT2D eigenvalue weighted by Gasteiger charge is 2.11. The second-order valence-corrected chi connectivity index (χ2v) is 4.99. The van der Waals surface area contributed by atoms with Gasteiger partial charge in [-0.25, -0.2) is 0 Å². The van der Waals surface area contributed by atoms with E-state index in [0.717, 1.165) is 0 Å². The Labute approximate surface area is 93.1 Å². The van der Waals surface area contributed by atoms with Crippen LogP contribution < -0.4 is 0 Å². The lowest BCUT2D eigenvalue weighted by molar-refractivity contribution is 0.352. The third kappa shape index (κ3) is 2.40. The number of nitrogens with zero attached hydrogens (tertiary/aromatic N) is 1. The Balaban J connectivity index is 2.28. The monoisotopic (exact) mass is 203 g/mol. The molecule has 0 bridgehead atoms. The first-order valence-corrected chi connectivity index (χ1v) is 5.97. The third-order valence-electron chi connectivity index (χ3n) is 3.42. The van der Waals surface area contributed by atoms with Crippen LogP contribution >= 0.6 is 0 Å². The van der Waals surface area contributed by atoms with Crippen molar-refractivity contribution in [3.8, 4) is 0 Å². The Kier molecular flexibility index (Phi) is 3.11. The molecule has 1 aliphatic rings. The van der Waals surface area contributed by atoms with Crippen LogP contribution in [-0.4, -0.2) is 25.0 Å². The van der Waals surface area contributed by atoms with Crippen LogP contribution in [0.5, 0.6) is 0 Å². The molecule has 1 aromatic rings. The molecule has 0 fully saturated rings. The van der Waals surface area contributed by atoms with E-state index in [4.69, 9.17) is 0 Å². The van der Waals surface area contributed by atoms with E-state index in [9.17, 15) is 0 Å². The summed E-state index contributed by atoms with van der Waals surface area (Å²) in [6.07, 6.45) is 2.43. The zero-order valence-corrected chi connectivity index (χ0v) is 10.1. The van der Waals surface area contributed by atoms with E-state index in [0.29, 0.717) is 5.92 Å². The Morgan fingerprint density at radius 1 is 1.07 bits per heavy atom. The summed E-state index contributed by atoms with van der Waals surface area (Å²) in [4.78, 5) is 2.43. The molecule has 0 unspecified atom stereocenters. The van der Waals surface area contributed by atoms with Crippen LogP contribution in [-0.2, 0) is 12.8 Å². The summed E-state index contributed by atoms with van der Waals surface area (Å²) >= 11 is 0. The average Bonchev–Trinajstić information content (AvgIpc) is 2.40. The zero-order valence-electron chi connectivity index (χ0n) is 10.1. The molecule has 1 heteroatoms. The van der Waals surface area contributed by atoms with Crippen LogP contribution in [0.2, 0.25) is 0 Å². The van der Waals surface area contributed by atoms with Gasteiger partial charge in [-0.1, -0.05) is 32.0 Å². The lowest BCUT2D eigenvalue weighted by atomic mass is 9.95. The van der Waals surface area contributed by atoms with Crippen LogP contribution in [0.25, 0.3) is 0 Å². The van der Waals surface area contributed by atoms with Crippen LogP contribution in [0, 0.1) is 0 Å². The molecule has 2 rings (SSSR count). The van der Waals surface area contributed by atoms with Gasteiger partial charge in [-0.15, -0.1) is 0 Å². The Hall–Kier alpha value is -0.820. The van der Waals surface area contributed by atoms with Crippen molar-refractivity contribution >= 4 is 0 Å². The van der Waals surface area contributed by atoms with E-state index >= 15 is 0 Å². The quantitative estimate of drug-likeness (QED) is 0.678. The summed E-state index contributed by atoms with van der Waals surface area (Å²) in [6.45, 7) is 6.94. The number of fused-ring (bicyclic) bond motifs is 1. The predicted octanol–water partition coefficient (Wildman–Crippen LogP) is 2.84. The van der Waals surface area contributed by atoms with Gasteiger partial charge in [0.2, 0.25) is 0 Å². The van der Waals surface area contributed by atoms with E-state index in [-0.39, 0.29) is 0 Å². The van der Waals surface area contributed by atoms with Gasteiger partial charge in [-0.3, -0.25) is 0 Å². The molecular formula is C14H21N. The molecule has 0 atom stereocenters. The first kappa shape index (κ1) is 10.7. The van der Waals surface area contributed by atoms with E-state index < -0.39 is 0 Å². The van der Waals surface area contributed by atoms with Gasteiger partial charge in [0, 0.05) is 13.1 Å². The molecule has 0 aromatic heterocycles. The topological polar surface area (TPSA) is 3.24 Å². The maximum Gasteiger partial charge on any atom is 0.00190 e. The summed E-state index contributed by atoms with van der Waals surface area (Å²) < 4.78 is 0. The van der Waals surface area contributed by atoms with Gasteiger partial charge < -0.3 is 4.90 Å². The molecule has 0 radical (unpaired) electrons. The Morgan fingerprint density at radius 3 is 2.40 bits per heavy atom. The normalized spacial score (nSPS) is 17.6. The maximum atomic E-state index is 2.43. The van der Waals surface area contributed by atoms with Crippen molar-refractivity contribution in [2.45, 2.75) is 32.6 Å². The fourth-order valence-corrected chi connectivity index (χ4v) is 2.22. The number of hydrogen-bond donors (Lipinski definition) is 0. The lowest BCUT2D eigenvalue weighted by Crippen LogP contribution is -2.20. The highest BCUT2D eigenvalue weighted by molar-refractivity contribution is 5.34. The standard InChI is InChI=1S/C14H21N/c1-11(2)13-5-4-12-6-8-15(3)9-7-14(12)10-13/h4-5,10-11H,6-9H2,1-3H3. The SMILES string of the molecule is CC(C)c1ccc2c(c1)CCN(C)CC2. The second kappa shape index (κ2) is 4.36. The van der Waals surface area contributed by atoms with Gasteiger partial charge in [0.05, 0.1) is 0 Å². The highest BCUT2D eigenvalue weighted by Crippen LogP contribution is 2.21. The largest absolute Gasteiger partial charge is 0.306 e. The Bertz CT molecular complexity index is 341. The number of hydrogen-bond acceptors (Lipinski definition) is 1. The highest BCUT2D eigenvalue weighted by atomic mass is 15.1. The summed E-state index contributed by atoms with van der Waals surface area (Å²) in [5.74, 6) is 0.649. The molecule has 0 N–H and O–H groups in total. The minimum Gasteiger partial charge on any atom is -0.306 e. The Morgan fingerprint density at radius 2 is 1.73 bits per heavy atom. The van der Waals surface area contributed by atoms with Gasteiger partial charge in [0.25, 0.3) is 0 Å². The average molecular weight is 203 g/mol. The van der Waals surface area contributed by atoms with Crippen molar-refractivity contribution in [3.05, 3.63) is 34.9 Å². The van der Waals surface area contributed by atoms with Crippen LogP contribution in [0.3, 0.4) is 0 Å². The number of rotatable bonds is 1. The predicted molar refractivity (Wildman–Crippen MR) is 65.4 cm³/mol. The minimum absolute atomic E-state index is 0.649. The fraction of sp³-hybridized carbons (Fsp3) is 0.571. The summed E-state index contributed by atoms with van der Waals surface area (Å²) in [5, 5.41) is 0. The van der Waals surface area contributed by atoms with Crippen molar-refractivity contribution in [1.82, 2.24) is 4.90 Å². The van der Waals surface area contributed by atoms with Crippen LogP contribution in [0.4, 0.5) is 0 Å². The van der Waals surface area contributed by atoms with E-state index in [1.54, 1.807) is 11.1 Å². The first-order valence-electron chi connectivity index (χ1n) is 5.97. The molecule has 15 heavy (non-hydrogen) atoms. The summed E-state index contributed by atoms with van der Waals surface area (Å²) in [5.41, 5.74) is 4.62. The maximum absolute atomic E-state index is 2.43. The summed E-state index contributed by atoms with van der Waals surface area (Å²) in [6, 6.07) is 7.05. The molecule has 82 valence electrons. The fourth-order valence-electron chi connectivity index (χ4n) is 2.22. The van der Waals surface area contributed by atoms with Gasteiger partial charge in [0.1, 0.15) is 0 Å². The summed E-state index contributed by atoms with van der Waals surface area (Å²) in [7, 11) is 2.22. The second-order valence-electron chi connectivity index (χ2n) is 4.99. The molecule has 0 spiro atoms. The molecule has 1 heterocycles. The van der Waals surface area contributed by atoms with Gasteiger partial charge in [0.15, 0.2) is 0 Å². The third-order valence-corrected chi connectivity index (χ3v) is 3.42. The van der Waals surface area contributed by atoms with E-state index in [2.05, 4.69) is 44.0 Å². The van der Waals surface area contributed by atoms with Crippen molar-refractivity contribution < 1.29 is 0 Å². The molecule has 0 saturated heterocycles. The van der Waals surface area contributed by atoms with Crippen molar-refractivity contribution in [3.63, 3.8) is 0 Å².